The first-order valence-corrected chi connectivity index (χ1v) is 8.70. The number of aromatic amines is 1. The van der Waals surface area contributed by atoms with E-state index in [2.05, 4.69) is 22.2 Å². The van der Waals surface area contributed by atoms with Gasteiger partial charge in [0.2, 0.25) is 5.91 Å². The van der Waals surface area contributed by atoms with Gasteiger partial charge in [0.1, 0.15) is 0 Å². The molecule has 3 aromatic rings. The van der Waals surface area contributed by atoms with Gasteiger partial charge in [0.25, 0.3) is 0 Å². The minimum atomic E-state index is 0.0496. The number of aromatic nitrogens is 2. The second kappa shape index (κ2) is 6.08. The summed E-state index contributed by atoms with van der Waals surface area (Å²) in [7, 11) is 0. The first-order chi connectivity index (χ1) is 12.0. The highest BCUT2D eigenvalue weighted by atomic mass is 35.5. The lowest BCUT2D eigenvalue weighted by Gasteiger charge is -2.39. The summed E-state index contributed by atoms with van der Waals surface area (Å²) in [6.45, 7) is 3.69. The molecule has 2 heterocycles. The number of nitrogens with one attached hydrogen (secondary N) is 2. The average Bonchev–Trinajstić information content (AvgIpc) is 3.04. The minimum absolute atomic E-state index is 0.0496. The number of H-pyrrole nitrogens is 1. The van der Waals surface area contributed by atoms with Gasteiger partial charge in [-0.15, -0.1) is 0 Å². The number of rotatable bonds is 2. The smallest absolute Gasteiger partial charge is 0.224 e. The van der Waals surface area contributed by atoms with Gasteiger partial charge in [-0.05, 0) is 49.7 Å². The third-order valence-corrected chi connectivity index (χ3v) is 5.01. The van der Waals surface area contributed by atoms with Gasteiger partial charge >= 0.3 is 0 Å². The molecule has 0 bridgehead atoms. The second-order valence-corrected chi connectivity index (χ2v) is 6.91. The van der Waals surface area contributed by atoms with Crippen LogP contribution in [0.15, 0.2) is 42.7 Å². The summed E-state index contributed by atoms with van der Waals surface area (Å²) in [4.78, 5) is 21.7. The maximum atomic E-state index is 12.2. The van der Waals surface area contributed by atoms with E-state index in [9.17, 15) is 4.79 Å². The Balaban J connectivity index is 1.83. The van der Waals surface area contributed by atoms with E-state index in [0.717, 1.165) is 34.4 Å². The maximum Gasteiger partial charge on any atom is 0.224 e. The van der Waals surface area contributed by atoms with E-state index in [1.54, 1.807) is 13.3 Å². The molecule has 4 rings (SSSR count). The molecule has 2 aromatic carbocycles. The summed E-state index contributed by atoms with van der Waals surface area (Å²) in [5.74, 6) is 0.0496. The number of amides is 1. The van der Waals surface area contributed by atoms with Gasteiger partial charge in [0.05, 0.1) is 29.1 Å². The summed E-state index contributed by atoms with van der Waals surface area (Å²) in [5.41, 5.74) is 4.86. The van der Waals surface area contributed by atoms with Crippen molar-refractivity contribution in [3.8, 4) is 0 Å². The number of fused-ring (bicyclic) bond motifs is 3. The van der Waals surface area contributed by atoms with Crippen LogP contribution in [-0.4, -0.2) is 21.9 Å². The molecule has 0 radical (unpaired) electrons. The van der Waals surface area contributed by atoms with E-state index in [-0.39, 0.29) is 18.0 Å². The zero-order valence-electron chi connectivity index (χ0n) is 14.1. The van der Waals surface area contributed by atoms with Gasteiger partial charge in [-0.3, -0.25) is 4.79 Å². The van der Waals surface area contributed by atoms with Crippen molar-refractivity contribution in [2.75, 3.05) is 10.2 Å². The minimum Gasteiger partial charge on any atom is -0.378 e. The van der Waals surface area contributed by atoms with Crippen molar-refractivity contribution < 1.29 is 4.79 Å². The van der Waals surface area contributed by atoms with E-state index >= 15 is 0 Å². The molecule has 0 aliphatic carbocycles. The molecule has 0 saturated carbocycles. The summed E-state index contributed by atoms with van der Waals surface area (Å²) in [6.07, 6.45) is 2.50. The van der Waals surface area contributed by atoms with Crippen molar-refractivity contribution in [3.05, 3.63) is 53.3 Å². The summed E-state index contributed by atoms with van der Waals surface area (Å²) in [5, 5.41) is 4.29. The number of carbonyl (C=O) groups is 1. The van der Waals surface area contributed by atoms with Crippen LogP contribution in [0.2, 0.25) is 5.02 Å². The summed E-state index contributed by atoms with van der Waals surface area (Å²) >= 11 is 5.99. The molecule has 1 aliphatic rings. The molecule has 1 aliphatic heterocycles. The molecule has 0 spiro atoms. The van der Waals surface area contributed by atoms with Gasteiger partial charge in [-0.25, -0.2) is 4.98 Å². The fourth-order valence-corrected chi connectivity index (χ4v) is 3.86. The molecule has 1 amide bonds. The number of carbonyl (C=O) groups excluding carboxylic acids is 1. The van der Waals surface area contributed by atoms with Gasteiger partial charge in [0.15, 0.2) is 0 Å². The van der Waals surface area contributed by atoms with Crippen LogP contribution in [-0.2, 0) is 4.79 Å². The van der Waals surface area contributed by atoms with E-state index in [4.69, 9.17) is 11.6 Å². The Bertz CT molecular complexity index is 934. The third kappa shape index (κ3) is 2.74. The Morgan fingerprint density at radius 3 is 2.76 bits per heavy atom. The standard InChI is InChI=1S/C19H19ClN4O/c1-11-9-16(23-14-5-3-13(20)4-6-14)18-17(24(11)12(2)25)8-7-15-19(18)22-10-21-15/h3-8,10-11,16,23H,9H2,1-2H3,(H,21,22). The molecule has 128 valence electrons. The second-order valence-electron chi connectivity index (χ2n) is 6.47. The fraction of sp³-hybridized carbons (Fsp3) is 0.263. The van der Waals surface area contributed by atoms with Gasteiger partial charge in [-0.2, -0.15) is 0 Å². The lowest BCUT2D eigenvalue weighted by molar-refractivity contribution is -0.117. The molecule has 0 saturated heterocycles. The molecule has 0 fully saturated rings. The maximum absolute atomic E-state index is 12.2. The highest BCUT2D eigenvalue weighted by Gasteiger charge is 2.34. The van der Waals surface area contributed by atoms with Gasteiger partial charge in [-0.1, -0.05) is 11.6 Å². The van der Waals surface area contributed by atoms with E-state index < -0.39 is 0 Å². The molecular weight excluding hydrogens is 336 g/mol. The fourth-order valence-electron chi connectivity index (χ4n) is 3.73. The van der Waals surface area contributed by atoms with Crippen LogP contribution in [0.25, 0.3) is 11.0 Å². The molecule has 5 nitrogen and oxygen atoms in total. The predicted octanol–water partition coefficient (Wildman–Crippen LogP) is 4.51. The highest BCUT2D eigenvalue weighted by Crippen LogP contribution is 2.42. The number of hydrogen-bond donors (Lipinski definition) is 2. The number of benzene rings is 2. The summed E-state index contributed by atoms with van der Waals surface area (Å²) < 4.78 is 0. The van der Waals surface area contributed by atoms with Crippen molar-refractivity contribution in [2.45, 2.75) is 32.4 Å². The van der Waals surface area contributed by atoms with Gasteiger partial charge < -0.3 is 15.2 Å². The molecule has 1 aromatic heterocycles. The topological polar surface area (TPSA) is 61.0 Å². The largest absolute Gasteiger partial charge is 0.378 e. The number of anilines is 2. The van der Waals surface area contributed by atoms with Crippen LogP contribution in [0.1, 0.15) is 31.9 Å². The zero-order chi connectivity index (χ0) is 17.6. The van der Waals surface area contributed by atoms with Crippen LogP contribution < -0.4 is 10.2 Å². The SMILES string of the molecule is CC(=O)N1c2ccc3[nH]cnc3c2C(Nc2ccc(Cl)cc2)CC1C. The number of halogens is 1. The van der Waals surface area contributed by atoms with Crippen LogP contribution in [0.4, 0.5) is 11.4 Å². The van der Waals surface area contributed by atoms with Crippen molar-refractivity contribution in [1.82, 2.24) is 9.97 Å². The van der Waals surface area contributed by atoms with E-state index in [1.807, 2.05) is 41.3 Å². The van der Waals surface area contributed by atoms with Crippen LogP contribution in [0, 0.1) is 0 Å². The number of nitrogens with zero attached hydrogens (tertiary/aromatic N) is 2. The lowest BCUT2D eigenvalue weighted by atomic mass is 9.90. The number of imidazole rings is 1. The average molecular weight is 355 g/mol. The Kier molecular flexibility index (Phi) is 3.88. The normalized spacial score (nSPS) is 19.7. The first kappa shape index (κ1) is 16.0. The predicted molar refractivity (Wildman–Crippen MR) is 101 cm³/mol. The van der Waals surface area contributed by atoms with E-state index in [0.29, 0.717) is 5.02 Å². The molecule has 25 heavy (non-hydrogen) atoms. The Morgan fingerprint density at radius 1 is 1.28 bits per heavy atom. The zero-order valence-corrected chi connectivity index (χ0v) is 14.8. The first-order valence-electron chi connectivity index (χ1n) is 8.32. The van der Waals surface area contributed by atoms with Crippen molar-refractivity contribution in [2.24, 2.45) is 0 Å². The van der Waals surface area contributed by atoms with Gasteiger partial charge in [0, 0.05) is 29.2 Å². The molecule has 2 atom stereocenters. The molecule has 2 unspecified atom stereocenters. The Hall–Kier alpha value is -2.53. The van der Waals surface area contributed by atoms with Crippen LogP contribution in [0.3, 0.4) is 0 Å². The van der Waals surface area contributed by atoms with Crippen LogP contribution >= 0.6 is 11.6 Å². The van der Waals surface area contributed by atoms with E-state index in [1.165, 1.54) is 0 Å². The monoisotopic (exact) mass is 354 g/mol. The third-order valence-electron chi connectivity index (χ3n) is 4.76. The molecular formula is C19H19ClN4O. The van der Waals surface area contributed by atoms with Crippen molar-refractivity contribution >= 4 is 39.9 Å². The van der Waals surface area contributed by atoms with Crippen LogP contribution in [0.5, 0.6) is 0 Å². The molecule has 2 N–H and O–H groups in total. The Morgan fingerprint density at radius 2 is 2.04 bits per heavy atom. The number of hydrogen-bond acceptors (Lipinski definition) is 3. The van der Waals surface area contributed by atoms with Crippen molar-refractivity contribution in [3.63, 3.8) is 0 Å². The quantitative estimate of drug-likeness (QED) is 0.711. The van der Waals surface area contributed by atoms with Crippen molar-refractivity contribution in [1.29, 1.82) is 0 Å². The molecule has 6 heteroatoms. The Labute approximate surface area is 151 Å². The highest BCUT2D eigenvalue weighted by molar-refractivity contribution is 6.30. The summed E-state index contributed by atoms with van der Waals surface area (Å²) in [6, 6.07) is 11.8. The lowest BCUT2D eigenvalue weighted by Crippen LogP contribution is -2.43.